The molecule has 2 N–H and O–H groups in total. The minimum atomic E-state index is -0.943. The van der Waals surface area contributed by atoms with E-state index >= 15 is 0 Å². The van der Waals surface area contributed by atoms with Crippen LogP contribution in [-0.2, 0) is 16.8 Å². The van der Waals surface area contributed by atoms with Crippen molar-refractivity contribution in [2.24, 2.45) is 5.73 Å². The molecule has 1 aliphatic rings. The second-order valence-electron chi connectivity index (χ2n) is 8.05. The number of carbonyl (C=O) groups is 1. The van der Waals surface area contributed by atoms with Crippen molar-refractivity contribution in [1.29, 1.82) is 0 Å². The van der Waals surface area contributed by atoms with Gasteiger partial charge >= 0.3 is 0 Å². The molecular weight excluding hydrogens is 376 g/mol. The Morgan fingerprint density at radius 1 is 1.13 bits per heavy atom. The molecule has 1 unspecified atom stereocenters. The molecule has 2 aromatic rings. The van der Waals surface area contributed by atoms with Crippen LogP contribution in [0.3, 0.4) is 0 Å². The number of rotatable bonds is 10. The van der Waals surface area contributed by atoms with Crippen molar-refractivity contribution in [3.63, 3.8) is 0 Å². The number of primary amides is 1. The zero-order valence-electron chi connectivity index (χ0n) is 18.4. The van der Waals surface area contributed by atoms with Crippen molar-refractivity contribution in [2.75, 3.05) is 26.7 Å². The van der Waals surface area contributed by atoms with E-state index in [0.29, 0.717) is 31.1 Å². The van der Waals surface area contributed by atoms with Gasteiger partial charge in [0.2, 0.25) is 5.91 Å². The molecule has 0 fully saturated rings. The lowest BCUT2D eigenvalue weighted by atomic mass is 9.69. The first-order chi connectivity index (χ1) is 14.5. The maximum absolute atomic E-state index is 13.2. The van der Waals surface area contributed by atoms with Crippen LogP contribution in [0.2, 0.25) is 0 Å². The Morgan fingerprint density at radius 3 is 2.63 bits per heavy atom. The van der Waals surface area contributed by atoms with Gasteiger partial charge in [-0.2, -0.15) is 0 Å². The molecule has 0 aliphatic carbocycles. The molecule has 0 aromatic heterocycles. The van der Waals surface area contributed by atoms with Gasteiger partial charge in [-0.25, -0.2) is 0 Å². The largest absolute Gasteiger partial charge is 0.490 e. The van der Waals surface area contributed by atoms with Gasteiger partial charge in [-0.3, -0.25) is 4.79 Å². The zero-order valence-corrected chi connectivity index (χ0v) is 18.4. The number of hydrogen-bond donors (Lipinski definition) is 1. The molecule has 30 heavy (non-hydrogen) atoms. The molecule has 5 heteroatoms. The van der Waals surface area contributed by atoms with Crippen LogP contribution < -0.4 is 15.2 Å². The highest BCUT2D eigenvalue weighted by Crippen LogP contribution is 2.48. The zero-order chi connectivity index (χ0) is 21.6. The van der Waals surface area contributed by atoms with E-state index in [1.54, 1.807) is 0 Å². The second kappa shape index (κ2) is 9.98. The molecule has 1 aliphatic heterocycles. The van der Waals surface area contributed by atoms with Gasteiger partial charge in [0.25, 0.3) is 0 Å². The van der Waals surface area contributed by atoms with Gasteiger partial charge in [0, 0.05) is 5.56 Å². The lowest BCUT2D eigenvalue weighted by Gasteiger charge is -2.33. The first-order valence-corrected chi connectivity index (χ1v) is 11.0. The van der Waals surface area contributed by atoms with Gasteiger partial charge < -0.3 is 20.1 Å². The van der Waals surface area contributed by atoms with Crippen LogP contribution in [0.5, 0.6) is 11.5 Å². The average molecular weight is 411 g/mol. The van der Waals surface area contributed by atoms with E-state index in [1.165, 1.54) is 0 Å². The third-order valence-corrected chi connectivity index (χ3v) is 6.10. The van der Waals surface area contributed by atoms with Gasteiger partial charge in [0.05, 0.1) is 6.61 Å². The fourth-order valence-corrected chi connectivity index (χ4v) is 4.23. The first-order valence-electron chi connectivity index (χ1n) is 11.0. The van der Waals surface area contributed by atoms with Crippen LogP contribution >= 0.6 is 0 Å². The van der Waals surface area contributed by atoms with Crippen LogP contribution in [0.4, 0.5) is 0 Å². The van der Waals surface area contributed by atoms with E-state index in [9.17, 15) is 4.79 Å². The number of benzene rings is 2. The summed E-state index contributed by atoms with van der Waals surface area (Å²) in [5, 5.41) is 0. The Labute approximate surface area is 180 Å². The van der Waals surface area contributed by atoms with Gasteiger partial charge in [-0.1, -0.05) is 56.7 Å². The molecule has 0 spiro atoms. The van der Waals surface area contributed by atoms with Crippen molar-refractivity contribution in [3.05, 3.63) is 59.2 Å². The predicted molar refractivity (Wildman–Crippen MR) is 120 cm³/mol. The number of hydrogen-bond acceptors (Lipinski definition) is 4. The summed E-state index contributed by atoms with van der Waals surface area (Å²) < 4.78 is 12.3. The van der Waals surface area contributed by atoms with Crippen molar-refractivity contribution in [1.82, 2.24) is 4.90 Å². The molecule has 0 saturated heterocycles. The van der Waals surface area contributed by atoms with Gasteiger partial charge in [-0.15, -0.1) is 0 Å². The molecule has 162 valence electrons. The minimum Gasteiger partial charge on any atom is -0.490 e. The number of fused-ring (bicyclic) bond motifs is 2. The number of nitrogens with zero attached hydrogens (tertiary/aromatic N) is 1. The Bertz CT molecular complexity index is 867. The summed E-state index contributed by atoms with van der Waals surface area (Å²) in [4.78, 5) is 15.4. The second-order valence-corrected chi connectivity index (χ2v) is 8.05. The average Bonchev–Trinajstić information content (AvgIpc) is 2.90. The molecular formula is C25H34N2O3. The highest BCUT2D eigenvalue weighted by Gasteiger charge is 2.45. The van der Waals surface area contributed by atoms with E-state index < -0.39 is 5.41 Å². The maximum atomic E-state index is 13.2. The third-order valence-electron chi connectivity index (χ3n) is 6.10. The number of nitrogens with two attached hydrogens (primary N) is 1. The lowest BCUT2D eigenvalue weighted by Crippen LogP contribution is -2.43. The summed E-state index contributed by atoms with van der Waals surface area (Å²) in [6, 6.07) is 13.8. The highest BCUT2D eigenvalue weighted by atomic mass is 16.5. The molecule has 1 heterocycles. The third kappa shape index (κ3) is 4.31. The molecule has 3 rings (SSSR count). The first kappa shape index (κ1) is 22.2. The van der Waals surface area contributed by atoms with Crippen LogP contribution in [0, 0.1) is 0 Å². The van der Waals surface area contributed by atoms with Gasteiger partial charge in [0.15, 0.2) is 11.5 Å². The van der Waals surface area contributed by atoms with E-state index in [0.717, 1.165) is 49.0 Å². The summed E-state index contributed by atoms with van der Waals surface area (Å²) in [5.74, 6) is 0.990. The topological polar surface area (TPSA) is 64.8 Å². The monoisotopic (exact) mass is 410 g/mol. The molecule has 5 nitrogen and oxygen atoms in total. The van der Waals surface area contributed by atoms with E-state index in [2.05, 4.69) is 25.8 Å². The quantitative estimate of drug-likeness (QED) is 0.595. The Morgan fingerprint density at radius 2 is 1.90 bits per heavy atom. The molecule has 1 amide bonds. The number of amides is 1. The summed E-state index contributed by atoms with van der Waals surface area (Å²) in [7, 11) is 2.09. The molecule has 0 saturated carbocycles. The fraction of sp³-hybridized carbons (Fsp3) is 0.480. The summed E-state index contributed by atoms with van der Waals surface area (Å²) in [5.41, 5.74) is 7.98. The maximum Gasteiger partial charge on any atom is 0.232 e. The van der Waals surface area contributed by atoms with E-state index in [4.69, 9.17) is 15.2 Å². The van der Waals surface area contributed by atoms with Crippen molar-refractivity contribution in [3.8, 4) is 11.5 Å². The summed E-state index contributed by atoms with van der Waals surface area (Å²) >= 11 is 0. The molecule has 0 radical (unpaired) electrons. The lowest BCUT2D eigenvalue weighted by molar-refractivity contribution is -0.122. The SMILES string of the molecule is CCCCOc1cccc2c1OCc1ccccc1C2(CCCN(C)CC)C(N)=O. The summed E-state index contributed by atoms with van der Waals surface area (Å²) in [6.45, 7) is 7.14. The fourth-order valence-electron chi connectivity index (χ4n) is 4.23. The molecule has 1 atom stereocenters. The molecule has 0 bridgehead atoms. The number of unbranched alkanes of at least 4 members (excludes halogenated alkanes) is 1. The van der Waals surface area contributed by atoms with Crippen molar-refractivity contribution < 1.29 is 14.3 Å². The Hall–Kier alpha value is -2.53. The van der Waals surface area contributed by atoms with E-state index in [1.807, 2.05) is 42.5 Å². The van der Waals surface area contributed by atoms with Crippen LogP contribution in [0.25, 0.3) is 0 Å². The van der Waals surface area contributed by atoms with Crippen LogP contribution in [0.15, 0.2) is 42.5 Å². The molecule has 2 aromatic carbocycles. The normalized spacial score (nSPS) is 17.6. The van der Waals surface area contributed by atoms with Gasteiger partial charge in [0.1, 0.15) is 12.0 Å². The number of ether oxygens (including phenoxy) is 2. The van der Waals surface area contributed by atoms with Crippen molar-refractivity contribution >= 4 is 5.91 Å². The standard InChI is InChI=1S/C25H34N2O3/c1-4-6-17-29-22-14-9-13-21-23(22)30-18-19-11-7-8-12-20(19)25(21,24(26)28)15-10-16-27(3)5-2/h7-9,11-14H,4-6,10,15-18H2,1-3H3,(H2,26,28). The Kier molecular flexibility index (Phi) is 7.38. The van der Waals surface area contributed by atoms with Crippen LogP contribution in [0.1, 0.15) is 56.2 Å². The van der Waals surface area contributed by atoms with E-state index in [-0.39, 0.29) is 5.91 Å². The minimum absolute atomic E-state index is 0.341. The number of carbonyl (C=O) groups excluding carboxylic acids is 1. The van der Waals surface area contributed by atoms with Gasteiger partial charge in [-0.05, 0) is 56.6 Å². The smallest absolute Gasteiger partial charge is 0.232 e. The Balaban J connectivity index is 2.11. The van der Waals surface area contributed by atoms with Crippen LogP contribution in [-0.4, -0.2) is 37.6 Å². The summed E-state index contributed by atoms with van der Waals surface area (Å²) in [6.07, 6.45) is 3.49. The highest BCUT2D eigenvalue weighted by molar-refractivity contribution is 5.92. The predicted octanol–water partition coefficient (Wildman–Crippen LogP) is 4.26. The number of para-hydroxylation sites is 1. The van der Waals surface area contributed by atoms with Crippen molar-refractivity contribution in [2.45, 2.75) is 51.6 Å².